The van der Waals surface area contributed by atoms with Gasteiger partial charge in [0.25, 0.3) is 0 Å². The van der Waals surface area contributed by atoms with Crippen LogP contribution in [-0.4, -0.2) is 51.9 Å². The summed E-state index contributed by atoms with van der Waals surface area (Å²) in [6, 6.07) is 11.1. The molecule has 7 heteroatoms. The van der Waals surface area contributed by atoms with Gasteiger partial charge in [0.05, 0.1) is 6.04 Å². The Morgan fingerprint density at radius 3 is 2.64 bits per heavy atom. The van der Waals surface area contributed by atoms with Crippen LogP contribution in [0.3, 0.4) is 0 Å². The molecule has 0 unspecified atom stereocenters. The van der Waals surface area contributed by atoms with Gasteiger partial charge in [-0.3, -0.25) is 9.59 Å². The van der Waals surface area contributed by atoms with Gasteiger partial charge in [0.1, 0.15) is 18.2 Å². The minimum Gasteiger partial charge on any atom is -0.364 e. The molecule has 3 rings (SSSR count). The molecule has 1 aromatic carbocycles. The maximum Gasteiger partial charge on any atom is 0.245 e. The highest BCUT2D eigenvalue weighted by Crippen LogP contribution is 2.16. The zero-order chi connectivity index (χ0) is 17.6. The molecule has 2 N–H and O–H groups in total. The highest BCUT2D eigenvalue weighted by Gasteiger charge is 2.35. The van der Waals surface area contributed by atoms with E-state index in [0.29, 0.717) is 19.5 Å². The van der Waals surface area contributed by atoms with Gasteiger partial charge in [-0.15, -0.1) is 0 Å². The summed E-state index contributed by atoms with van der Waals surface area (Å²) in [7, 11) is 0. The van der Waals surface area contributed by atoms with E-state index >= 15 is 0 Å². The maximum absolute atomic E-state index is 12.7. The molecule has 25 heavy (non-hydrogen) atoms. The molecule has 1 saturated heterocycles. The Hall–Kier alpha value is -2.96. The molecule has 1 aliphatic rings. The number of rotatable bonds is 6. The molecule has 130 valence electrons. The van der Waals surface area contributed by atoms with Crippen molar-refractivity contribution in [2.45, 2.75) is 25.4 Å². The van der Waals surface area contributed by atoms with E-state index in [0.717, 1.165) is 11.4 Å². The first-order valence-electron chi connectivity index (χ1n) is 8.24. The Bertz CT molecular complexity index is 717. The van der Waals surface area contributed by atoms with Crippen LogP contribution in [0.25, 0.3) is 0 Å². The van der Waals surface area contributed by atoms with Crippen molar-refractivity contribution >= 4 is 17.6 Å². The maximum atomic E-state index is 12.7. The third-order valence-corrected chi connectivity index (χ3v) is 4.09. The van der Waals surface area contributed by atoms with Crippen molar-refractivity contribution in [2.24, 2.45) is 0 Å². The lowest BCUT2D eigenvalue weighted by atomic mass is 10.0. The Balaban J connectivity index is 1.57. The van der Waals surface area contributed by atoms with Gasteiger partial charge < -0.3 is 15.5 Å². The Kier molecular flexibility index (Phi) is 5.23. The summed E-state index contributed by atoms with van der Waals surface area (Å²) in [4.78, 5) is 33.9. The van der Waals surface area contributed by atoms with E-state index in [2.05, 4.69) is 20.6 Å². The lowest BCUT2D eigenvalue weighted by Crippen LogP contribution is -2.61. The third-order valence-electron chi connectivity index (χ3n) is 4.09. The quantitative estimate of drug-likeness (QED) is 0.815. The fourth-order valence-electron chi connectivity index (χ4n) is 2.85. The lowest BCUT2D eigenvalue weighted by molar-refractivity contribution is -0.139. The largest absolute Gasteiger partial charge is 0.364 e. The molecule has 0 bridgehead atoms. The Morgan fingerprint density at radius 1 is 1.24 bits per heavy atom. The predicted molar refractivity (Wildman–Crippen MR) is 93.8 cm³/mol. The molecule has 0 saturated carbocycles. The van der Waals surface area contributed by atoms with Crippen LogP contribution in [0.15, 0.2) is 48.9 Å². The number of carbonyl (C=O) groups is 2. The lowest BCUT2D eigenvalue weighted by Gasteiger charge is -2.41. The fourth-order valence-corrected chi connectivity index (χ4v) is 2.85. The first-order valence-corrected chi connectivity index (χ1v) is 8.24. The molecule has 1 aromatic heterocycles. The molecular formula is C18H21N5O2. The number of carbonyl (C=O) groups excluding carboxylic acids is 2. The number of aromatic nitrogens is 2. The van der Waals surface area contributed by atoms with Crippen LogP contribution < -0.4 is 10.6 Å². The van der Waals surface area contributed by atoms with Crippen LogP contribution in [0.2, 0.25) is 0 Å². The monoisotopic (exact) mass is 339 g/mol. The molecule has 2 amide bonds. The van der Waals surface area contributed by atoms with Crippen LogP contribution >= 0.6 is 0 Å². The number of likely N-dealkylation sites (tertiary alicyclic amines) is 1. The van der Waals surface area contributed by atoms with E-state index < -0.39 is 6.04 Å². The molecule has 2 aromatic rings. The second-order valence-electron chi connectivity index (χ2n) is 6.12. The SMILES string of the molecule is CC(=O)N[C@@H](Cc1ccccc1)C(=O)N1CC(Nc2ccncn2)C1. The Labute approximate surface area is 146 Å². The van der Waals surface area contributed by atoms with Crippen molar-refractivity contribution in [3.05, 3.63) is 54.5 Å². The molecule has 0 radical (unpaired) electrons. The van der Waals surface area contributed by atoms with Gasteiger partial charge in [-0.05, 0) is 11.6 Å². The van der Waals surface area contributed by atoms with Gasteiger partial charge in [0, 0.05) is 32.6 Å². The van der Waals surface area contributed by atoms with E-state index in [-0.39, 0.29) is 17.9 Å². The highest BCUT2D eigenvalue weighted by atomic mass is 16.2. The minimum atomic E-state index is -0.542. The molecule has 2 heterocycles. The topological polar surface area (TPSA) is 87.2 Å². The standard InChI is InChI=1S/C18H21N5O2/c1-13(24)21-16(9-14-5-3-2-4-6-14)18(25)23-10-15(11-23)22-17-7-8-19-12-20-17/h2-8,12,15-16H,9-11H2,1H3,(H,21,24)(H,19,20,22)/t16-/m0/s1. The van der Waals surface area contributed by atoms with Gasteiger partial charge in [-0.2, -0.15) is 0 Å². The zero-order valence-corrected chi connectivity index (χ0v) is 14.1. The molecule has 1 atom stereocenters. The van der Waals surface area contributed by atoms with Crippen LogP contribution in [-0.2, 0) is 16.0 Å². The molecule has 1 aliphatic heterocycles. The number of hydrogen-bond acceptors (Lipinski definition) is 5. The van der Waals surface area contributed by atoms with Gasteiger partial charge >= 0.3 is 0 Å². The van der Waals surface area contributed by atoms with E-state index in [9.17, 15) is 9.59 Å². The van der Waals surface area contributed by atoms with Crippen molar-refractivity contribution in [3.8, 4) is 0 Å². The van der Waals surface area contributed by atoms with E-state index in [4.69, 9.17) is 0 Å². The average Bonchev–Trinajstić information content (AvgIpc) is 2.58. The van der Waals surface area contributed by atoms with E-state index in [1.807, 2.05) is 30.3 Å². The highest BCUT2D eigenvalue weighted by molar-refractivity contribution is 5.87. The number of nitrogens with zero attached hydrogens (tertiary/aromatic N) is 3. The van der Waals surface area contributed by atoms with Crippen molar-refractivity contribution in [1.82, 2.24) is 20.2 Å². The average molecular weight is 339 g/mol. The minimum absolute atomic E-state index is 0.0557. The summed E-state index contributed by atoms with van der Waals surface area (Å²) in [5, 5.41) is 6.03. The second-order valence-corrected chi connectivity index (χ2v) is 6.12. The normalized spacial score (nSPS) is 15.2. The number of amides is 2. The fraction of sp³-hybridized carbons (Fsp3) is 0.333. The molecular weight excluding hydrogens is 318 g/mol. The number of benzene rings is 1. The summed E-state index contributed by atoms with van der Waals surface area (Å²) in [5.41, 5.74) is 1.02. The summed E-state index contributed by atoms with van der Waals surface area (Å²) in [6.45, 7) is 2.61. The van der Waals surface area contributed by atoms with Crippen molar-refractivity contribution < 1.29 is 9.59 Å². The smallest absolute Gasteiger partial charge is 0.245 e. The van der Waals surface area contributed by atoms with Crippen molar-refractivity contribution in [2.75, 3.05) is 18.4 Å². The van der Waals surface area contributed by atoms with Crippen molar-refractivity contribution in [3.63, 3.8) is 0 Å². The summed E-state index contributed by atoms with van der Waals surface area (Å²) < 4.78 is 0. The van der Waals surface area contributed by atoms with Crippen LogP contribution in [0, 0.1) is 0 Å². The molecule has 7 nitrogen and oxygen atoms in total. The van der Waals surface area contributed by atoms with Gasteiger partial charge in [-0.1, -0.05) is 30.3 Å². The van der Waals surface area contributed by atoms with Crippen LogP contribution in [0.5, 0.6) is 0 Å². The number of anilines is 1. The summed E-state index contributed by atoms with van der Waals surface area (Å²) in [5.74, 6) is 0.486. The number of nitrogens with one attached hydrogen (secondary N) is 2. The summed E-state index contributed by atoms with van der Waals surface area (Å²) in [6.07, 6.45) is 3.64. The van der Waals surface area contributed by atoms with Gasteiger partial charge in [0.2, 0.25) is 11.8 Å². The summed E-state index contributed by atoms with van der Waals surface area (Å²) >= 11 is 0. The predicted octanol–water partition coefficient (Wildman–Crippen LogP) is 0.847. The van der Waals surface area contributed by atoms with Gasteiger partial charge in [0.15, 0.2) is 0 Å². The molecule has 0 spiro atoms. The van der Waals surface area contributed by atoms with E-state index in [1.54, 1.807) is 17.2 Å². The number of hydrogen-bond donors (Lipinski definition) is 2. The van der Waals surface area contributed by atoms with Crippen LogP contribution in [0.4, 0.5) is 5.82 Å². The molecule has 0 aliphatic carbocycles. The molecule has 1 fully saturated rings. The van der Waals surface area contributed by atoms with E-state index in [1.165, 1.54) is 13.3 Å². The Morgan fingerprint density at radius 2 is 2.00 bits per heavy atom. The van der Waals surface area contributed by atoms with Crippen molar-refractivity contribution in [1.29, 1.82) is 0 Å². The first kappa shape index (κ1) is 16.9. The second kappa shape index (κ2) is 7.74. The first-order chi connectivity index (χ1) is 12.1. The van der Waals surface area contributed by atoms with Crippen LogP contribution in [0.1, 0.15) is 12.5 Å². The zero-order valence-electron chi connectivity index (χ0n) is 14.1. The third kappa shape index (κ3) is 4.53. The van der Waals surface area contributed by atoms with Gasteiger partial charge in [-0.25, -0.2) is 9.97 Å².